The summed E-state index contributed by atoms with van der Waals surface area (Å²) in [6.45, 7) is 0.240. The number of amides is 1. The molecule has 142 valence electrons. The van der Waals surface area contributed by atoms with Gasteiger partial charge < -0.3 is 9.84 Å². The van der Waals surface area contributed by atoms with Crippen molar-refractivity contribution in [3.63, 3.8) is 0 Å². The molecule has 1 amide bonds. The minimum absolute atomic E-state index is 0.240. The van der Waals surface area contributed by atoms with Gasteiger partial charge in [0.05, 0.1) is 0 Å². The summed E-state index contributed by atoms with van der Waals surface area (Å²) in [5.74, 6) is 0.0706. The summed E-state index contributed by atoms with van der Waals surface area (Å²) in [5, 5.41) is 11.7. The second kappa shape index (κ2) is 9.21. The smallest absolute Gasteiger partial charge is 0.411 e. The average Bonchev–Trinajstić information content (AvgIpc) is 2.68. The highest BCUT2D eigenvalue weighted by atomic mass is 16.5. The lowest BCUT2D eigenvalue weighted by molar-refractivity contribution is -0.138. The number of carboxylic acids is 1. The van der Waals surface area contributed by atoms with Crippen LogP contribution in [0, 0.1) is 5.92 Å². The van der Waals surface area contributed by atoms with E-state index in [0.29, 0.717) is 17.5 Å². The van der Waals surface area contributed by atoms with Gasteiger partial charge in [0.25, 0.3) is 0 Å². The van der Waals surface area contributed by atoms with Crippen molar-refractivity contribution in [3.8, 4) is 0 Å². The van der Waals surface area contributed by atoms with E-state index in [0.717, 1.165) is 31.2 Å². The van der Waals surface area contributed by atoms with Crippen molar-refractivity contribution in [2.24, 2.45) is 5.92 Å². The molecule has 1 fully saturated rings. The molecule has 0 heterocycles. The number of benzene rings is 2. The van der Waals surface area contributed by atoms with Gasteiger partial charge in [-0.1, -0.05) is 42.5 Å². The summed E-state index contributed by atoms with van der Waals surface area (Å²) < 4.78 is 5.22. The van der Waals surface area contributed by atoms with E-state index >= 15 is 0 Å². The maximum Gasteiger partial charge on any atom is 0.411 e. The fourth-order valence-electron chi connectivity index (χ4n) is 3.66. The van der Waals surface area contributed by atoms with Crippen LogP contribution in [-0.4, -0.2) is 17.2 Å². The molecular formula is C22H25NO4. The number of rotatable bonds is 6. The van der Waals surface area contributed by atoms with E-state index in [9.17, 15) is 9.59 Å². The lowest BCUT2D eigenvalue weighted by Crippen LogP contribution is -2.16. The van der Waals surface area contributed by atoms with Crippen LogP contribution in [0.3, 0.4) is 0 Å². The minimum Gasteiger partial charge on any atom is -0.481 e. The maximum absolute atomic E-state index is 11.9. The standard InChI is InChI=1S/C22H25NO4/c24-21(25)14-16-6-8-18(9-7-16)19-10-12-20(13-11-19)23-22(26)27-15-17-4-2-1-3-5-17/h1-5,10-13,16,18H,6-9,14-15H2,(H,23,26)(H,24,25)/t16-,18-. The number of carbonyl (C=O) groups is 2. The quantitative estimate of drug-likeness (QED) is 0.737. The van der Waals surface area contributed by atoms with E-state index in [1.54, 1.807) is 0 Å². The molecule has 0 unspecified atom stereocenters. The Morgan fingerprint density at radius 1 is 0.963 bits per heavy atom. The Hall–Kier alpha value is -2.82. The monoisotopic (exact) mass is 367 g/mol. The van der Waals surface area contributed by atoms with E-state index in [4.69, 9.17) is 9.84 Å². The number of hydrogen-bond acceptors (Lipinski definition) is 3. The SMILES string of the molecule is O=C(O)C[C@H]1CC[C@H](c2ccc(NC(=O)OCc3ccccc3)cc2)CC1. The molecule has 5 nitrogen and oxygen atoms in total. The van der Waals surface area contributed by atoms with Crippen molar-refractivity contribution >= 4 is 17.7 Å². The van der Waals surface area contributed by atoms with Crippen LogP contribution < -0.4 is 5.32 Å². The van der Waals surface area contributed by atoms with Gasteiger partial charge in [-0.3, -0.25) is 10.1 Å². The van der Waals surface area contributed by atoms with Gasteiger partial charge in [0.1, 0.15) is 6.61 Å². The van der Waals surface area contributed by atoms with Crippen molar-refractivity contribution in [2.45, 2.75) is 44.6 Å². The Labute approximate surface area is 159 Å². The van der Waals surface area contributed by atoms with Crippen molar-refractivity contribution in [1.29, 1.82) is 0 Å². The number of hydrogen-bond donors (Lipinski definition) is 2. The third-order valence-corrected chi connectivity index (χ3v) is 5.15. The molecular weight excluding hydrogens is 342 g/mol. The molecule has 2 aromatic rings. The number of anilines is 1. The first kappa shape index (κ1) is 19.0. The summed E-state index contributed by atoms with van der Waals surface area (Å²) in [5.41, 5.74) is 2.89. The molecule has 3 rings (SSSR count). The molecule has 1 saturated carbocycles. The predicted octanol–water partition coefficient (Wildman–Crippen LogP) is 5.18. The normalized spacial score (nSPS) is 19.3. The highest BCUT2D eigenvalue weighted by Gasteiger charge is 2.23. The summed E-state index contributed by atoms with van der Waals surface area (Å²) in [6.07, 6.45) is 3.76. The first-order valence-corrected chi connectivity index (χ1v) is 9.39. The van der Waals surface area contributed by atoms with Crippen LogP contribution in [0.5, 0.6) is 0 Å². The zero-order valence-corrected chi connectivity index (χ0v) is 15.3. The van der Waals surface area contributed by atoms with Crippen molar-refractivity contribution < 1.29 is 19.4 Å². The highest BCUT2D eigenvalue weighted by Crippen LogP contribution is 2.37. The zero-order chi connectivity index (χ0) is 19.1. The number of ether oxygens (including phenoxy) is 1. The van der Waals surface area contributed by atoms with Gasteiger partial charge in [0.15, 0.2) is 0 Å². The molecule has 0 atom stereocenters. The number of aliphatic carboxylic acids is 1. The van der Waals surface area contributed by atoms with Crippen LogP contribution in [-0.2, 0) is 16.1 Å². The second-order valence-corrected chi connectivity index (χ2v) is 7.12. The van der Waals surface area contributed by atoms with Gasteiger partial charge in [-0.05, 0) is 60.8 Å². The van der Waals surface area contributed by atoms with E-state index in [1.165, 1.54) is 5.56 Å². The molecule has 5 heteroatoms. The molecule has 0 saturated heterocycles. The number of carboxylic acid groups (broad SMARTS) is 1. The molecule has 1 aliphatic rings. The molecule has 0 bridgehead atoms. The van der Waals surface area contributed by atoms with Gasteiger partial charge in [-0.25, -0.2) is 4.79 Å². The van der Waals surface area contributed by atoms with E-state index in [1.807, 2.05) is 54.6 Å². The summed E-state index contributed by atoms with van der Waals surface area (Å²) in [7, 11) is 0. The van der Waals surface area contributed by atoms with Crippen molar-refractivity contribution in [1.82, 2.24) is 0 Å². The fraction of sp³-hybridized carbons (Fsp3) is 0.364. The van der Waals surface area contributed by atoms with E-state index in [-0.39, 0.29) is 13.0 Å². The molecule has 2 aromatic carbocycles. The van der Waals surface area contributed by atoms with Crippen LogP contribution in [0.2, 0.25) is 0 Å². The van der Waals surface area contributed by atoms with Gasteiger partial charge in [0, 0.05) is 12.1 Å². The molecule has 0 radical (unpaired) electrons. The zero-order valence-electron chi connectivity index (χ0n) is 15.3. The molecule has 2 N–H and O–H groups in total. The fourth-order valence-corrected chi connectivity index (χ4v) is 3.66. The van der Waals surface area contributed by atoms with Crippen LogP contribution in [0.15, 0.2) is 54.6 Å². The van der Waals surface area contributed by atoms with Crippen molar-refractivity contribution in [2.75, 3.05) is 5.32 Å². The first-order valence-electron chi connectivity index (χ1n) is 9.39. The molecule has 0 aromatic heterocycles. The Morgan fingerprint density at radius 3 is 2.26 bits per heavy atom. The second-order valence-electron chi connectivity index (χ2n) is 7.12. The van der Waals surface area contributed by atoms with Gasteiger partial charge >= 0.3 is 12.1 Å². The average molecular weight is 367 g/mol. The Balaban J connectivity index is 1.46. The molecule has 0 aliphatic heterocycles. The summed E-state index contributed by atoms with van der Waals surface area (Å²) >= 11 is 0. The summed E-state index contributed by atoms with van der Waals surface area (Å²) in [4.78, 5) is 22.7. The largest absolute Gasteiger partial charge is 0.481 e. The number of nitrogens with one attached hydrogen (secondary N) is 1. The lowest BCUT2D eigenvalue weighted by atomic mass is 9.77. The van der Waals surface area contributed by atoms with Crippen LogP contribution in [0.4, 0.5) is 10.5 Å². The highest BCUT2D eigenvalue weighted by molar-refractivity contribution is 5.84. The molecule has 0 spiro atoms. The molecule has 27 heavy (non-hydrogen) atoms. The van der Waals surface area contributed by atoms with E-state index in [2.05, 4.69) is 5.32 Å². The summed E-state index contributed by atoms with van der Waals surface area (Å²) in [6, 6.07) is 17.4. The van der Waals surface area contributed by atoms with Gasteiger partial charge in [0.2, 0.25) is 0 Å². The van der Waals surface area contributed by atoms with E-state index < -0.39 is 12.1 Å². The van der Waals surface area contributed by atoms with Crippen LogP contribution >= 0.6 is 0 Å². The van der Waals surface area contributed by atoms with Crippen LogP contribution in [0.1, 0.15) is 49.1 Å². The predicted molar refractivity (Wildman–Crippen MR) is 104 cm³/mol. The third kappa shape index (κ3) is 5.84. The third-order valence-electron chi connectivity index (χ3n) is 5.15. The minimum atomic E-state index is -0.701. The Morgan fingerprint density at radius 2 is 1.63 bits per heavy atom. The number of carbonyl (C=O) groups excluding carboxylic acids is 1. The van der Waals surface area contributed by atoms with Crippen molar-refractivity contribution in [3.05, 3.63) is 65.7 Å². The lowest BCUT2D eigenvalue weighted by Gasteiger charge is -2.28. The van der Waals surface area contributed by atoms with Gasteiger partial charge in [-0.2, -0.15) is 0 Å². The Kier molecular flexibility index (Phi) is 6.47. The maximum atomic E-state index is 11.9. The Bertz CT molecular complexity index is 750. The first-order chi connectivity index (χ1) is 13.1. The topological polar surface area (TPSA) is 75.6 Å². The van der Waals surface area contributed by atoms with Crippen LogP contribution in [0.25, 0.3) is 0 Å². The van der Waals surface area contributed by atoms with Gasteiger partial charge in [-0.15, -0.1) is 0 Å². The molecule has 1 aliphatic carbocycles.